The SMILES string of the molecule is COc1ccc(C(=O)O)c(C(=O)Cc2ccccc2)c1. The third-order valence-electron chi connectivity index (χ3n) is 2.97. The van der Waals surface area contributed by atoms with Crippen LogP contribution in [0.15, 0.2) is 48.5 Å². The lowest BCUT2D eigenvalue weighted by Crippen LogP contribution is -2.11. The summed E-state index contributed by atoms with van der Waals surface area (Å²) < 4.78 is 5.04. The molecule has 0 unspecified atom stereocenters. The van der Waals surface area contributed by atoms with Crippen molar-refractivity contribution in [3.63, 3.8) is 0 Å². The zero-order chi connectivity index (χ0) is 14.5. The Hall–Kier alpha value is -2.62. The maximum Gasteiger partial charge on any atom is 0.336 e. The van der Waals surface area contributed by atoms with Crippen LogP contribution in [0, 0.1) is 0 Å². The number of Topliss-reactive ketones (excluding diaryl/α,β-unsaturated/α-hetero) is 1. The third-order valence-corrected chi connectivity index (χ3v) is 2.97. The third kappa shape index (κ3) is 3.03. The molecule has 0 amide bonds. The van der Waals surface area contributed by atoms with Crippen LogP contribution in [0.1, 0.15) is 26.3 Å². The van der Waals surface area contributed by atoms with Gasteiger partial charge in [-0.3, -0.25) is 4.79 Å². The van der Waals surface area contributed by atoms with Crippen molar-refractivity contribution in [1.29, 1.82) is 0 Å². The molecule has 0 aliphatic heterocycles. The van der Waals surface area contributed by atoms with Gasteiger partial charge in [0, 0.05) is 12.0 Å². The number of methoxy groups -OCH3 is 1. The molecule has 0 saturated heterocycles. The van der Waals surface area contributed by atoms with Gasteiger partial charge in [0.05, 0.1) is 12.7 Å². The fourth-order valence-corrected chi connectivity index (χ4v) is 1.94. The first-order valence-corrected chi connectivity index (χ1v) is 6.10. The minimum absolute atomic E-state index is 0.00766. The largest absolute Gasteiger partial charge is 0.497 e. The number of aromatic carboxylic acids is 1. The second kappa shape index (κ2) is 6.02. The van der Waals surface area contributed by atoms with Gasteiger partial charge in [0.15, 0.2) is 5.78 Å². The van der Waals surface area contributed by atoms with E-state index in [-0.39, 0.29) is 23.3 Å². The van der Waals surface area contributed by atoms with E-state index in [1.54, 1.807) is 0 Å². The molecule has 0 saturated carbocycles. The number of carboxylic acids is 1. The van der Waals surface area contributed by atoms with E-state index in [0.29, 0.717) is 5.75 Å². The number of rotatable bonds is 5. The summed E-state index contributed by atoms with van der Waals surface area (Å²) in [5.41, 5.74) is 1.00. The van der Waals surface area contributed by atoms with Crippen molar-refractivity contribution in [3.8, 4) is 5.75 Å². The maximum absolute atomic E-state index is 12.3. The monoisotopic (exact) mass is 270 g/mol. The Morgan fingerprint density at radius 1 is 1.05 bits per heavy atom. The highest BCUT2D eigenvalue weighted by molar-refractivity contribution is 6.06. The van der Waals surface area contributed by atoms with Gasteiger partial charge in [-0.2, -0.15) is 0 Å². The Morgan fingerprint density at radius 2 is 1.75 bits per heavy atom. The average Bonchev–Trinajstić information content (AvgIpc) is 2.47. The number of hydrogen-bond donors (Lipinski definition) is 1. The topological polar surface area (TPSA) is 63.6 Å². The van der Waals surface area contributed by atoms with Crippen molar-refractivity contribution in [1.82, 2.24) is 0 Å². The number of hydrogen-bond acceptors (Lipinski definition) is 3. The Balaban J connectivity index is 2.35. The molecule has 1 N–H and O–H groups in total. The van der Waals surface area contributed by atoms with E-state index in [1.807, 2.05) is 30.3 Å². The molecule has 0 spiro atoms. The van der Waals surface area contributed by atoms with Crippen LogP contribution in [-0.2, 0) is 6.42 Å². The molecule has 20 heavy (non-hydrogen) atoms. The molecule has 0 radical (unpaired) electrons. The summed E-state index contributed by atoms with van der Waals surface area (Å²) in [4.78, 5) is 23.5. The van der Waals surface area contributed by atoms with Crippen LogP contribution in [0.25, 0.3) is 0 Å². The zero-order valence-corrected chi connectivity index (χ0v) is 11.0. The first-order valence-electron chi connectivity index (χ1n) is 6.10. The van der Waals surface area contributed by atoms with Gasteiger partial charge in [0.1, 0.15) is 5.75 Å². The summed E-state index contributed by atoms with van der Waals surface area (Å²) in [5, 5.41) is 9.15. The molecular weight excluding hydrogens is 256 g/mol. The van der Waals surface area contributed by atoms with Crippen molar-refractivity contribution in [2.45, 2.75) is 6.42 Å². The standard InChI is InChI=1S/C16H14O4/c1-20-12-7-8-13(16(18)19)14(10-12)15(17)9-11-5-3-2-4-6-11/h2-8,10H,9H2,1H3,(H,18,19). The van der Waals surface area contributed by atoms with Gasteiger partial charge < -0.3 is 9.84 Å². The summed E-state index contributed by atoms with van der Waals surface area (Å²) in [5.74, 6) is -0.900. The van der Waals surface area contributed by atoms with Crippen LogP contribution in [0.5, 0.6) is 5.75 Å². The first-order chi connectivity index (χ1) is 9.61. The van der Waals surface area contributed by atoms with Gasteiger partial charge in [0.2, 0.25) is 0 Å². The second-order valence-corrected chi connectivity index (χ2v) is 4.30. The molecule has 4 heteroatoms. The van der Waals surface area contributed by atoms with Crippen molar-refractivity contribution < 1.29 is 19.4 Å². The van der Waals surface area contributed by atoms with E-state index in [4.69, 9.17) is 9.84 Å². The normalized spacial score (nSPS) is 10.1. The summed E-state index contributed by atoms with van der Waals surface area (Å²) >= 11 is 0. The molecule has 2 rings (SSSR count). The van der Waals surface area contributed by atoms with Crippen molar-refractivity contribution in [3.05, 3.63) is 65.2 Å². The summed E-state index contributed by atoms with van der Waals surface area (Å²) in [7, 11) is 1.47. The smallest absolute Gasteiger partial charge is 0.336 e. The minimum atomic E-state index is -1.12. The van der Waals surface area contributed by atoms with Gasteiger partial charge in [-0.15, -0.1) is 0 Å². The van der Waals surface area contributed by atoms with Crippen molar-refractivity contribution in [2.75, 3.05) is 7.11 Å². The number of benzene rings is 2. The number of ketones is 1. The van der Waals surface area contributed by atoms with Gasteiger partial charge in [-0.1, -0.05) is 30.3 Å². The quantitative estimate of drug-likeness (QED) is 0.848. The molecule has 2 aromatic carbocycles. The molecule has 2 aromatic rings. The van der Waals surface area contributed by atoms with Crippen molar-refractivity contribution >= 4 is 11.8 Å². The van der Waals surface area contributed by atoms with Crippen LogP contribution in [0.3, 0.4) is 0 Å². The molecule has 0 heterocycles. The van der Waals surface area contributed by atoms with Gasteiger partial charge in [-0.05, 0) is 23.8 Å². The Kier molecular flexibility index (Phi) is 4.15. The molecule has 0 aliphatic rings. The van der Waals surface area contributed by atoms with Crippen LogP contribution in [0.4, 0.5) is 0 Å². The van der Waals surface area contributed by atoms with E-state index >= 15 is 0 Å². The van der Waals surface area contributed by atoms with Crippen LogP contribution >= 0.6 is 0 Å². The van der Waals surface area contributed by atoms with Gasteiger partial charge in [0.25, 0.3) is 0 Å². The van der Waals surface area contributed by atoms with E-state index in [0.717, 1.165) is 5.56 Å². The van der Waals surface area contributed by atoms with E-state index < -0.39 is 5.97 Å². The van der Waals surface area contributed by atoms with Crippen LogP contribution < -0.4 is 4.74 Å². The molecule has 4 nitrogen and oxygen atoms in total. The molecule has 102 valence electrons. The average molecular weight is 270 g/mol. The summed E-state index contributed by atoms with van der Waals surface area (Å²) in [6.45, 7) is 0. The molecule has 0 atom stereocenters. The maximum atomic E-state index is 12.3. The van der Waals surface area contributed by atoms with E-state index in [9.17, 15) is 9.59 Å². The highest BCUT2D eigenvalue weighted by atomic mass is 16.5. The Labute approximate surface area is 116 Å². The number of carbonyl (C=O) groups is 2. The summed E-state index contributed by atoms with van der Waals surface area (Å²) in [6, 6.07) is 13.6. The van der Waals surface area contributed by atoms with Crippen LogP contribution in [-0.4, -0.2) is 24.0 Å². The molecule has 0 bridgehead atoms. The minimum Gasteiger partial charge on any atom is -0.497 e. The Morgan fingerprint density at radius 3 is 2.35 bits per heavy atom. The Bertz CT molecular complexity index is 632. The van der Waals surface area contributed by atoms with Gasteiger partial charge in [-0.25, -0.2) is 4.79 Å². The second-order valence-electron chi connectivity index (χ2n) is 4.30. The lowest BCUT2D eigenvalue weighted by Gasteiger charge is -2.08. The fraction of sp³-hybridized carbons (Fsp3) is 0.125. The fourth-order valence-electron chi connectivity index (χ4n) is 1.94. The number of ether oxygens (including phenoxy) is 1. The first kappa shape index (κ1) is 13.8. The predicted octanol–water partition coefficient (Wildman–Crippen LogP) is 2.82. The lowest BCUT2D eigenvalue weighted by molar-refractivity contribution is 0.0692. The van der Waals surface area contributed by atoms with Crippen LogP contribution in [0.2, 0.25) is 0 Å². The predicted molar refractivity (Wildman–Crippen MR) is 74.4 cm³/mol. The molecule has 0 fully saturated rings. The van der Waals surface area contributed by atoms with Crippen molar-refractivity contribution in [2.24, 2.45) is 0 Å². The number of carbonyl (C=O) groups excluding carboxylic acids is 1. The molecular formula is C16H14O4. The highest BCUT2D eigenvalue weighted by Crippen LogP contribution is 2.20. The zero-order valence-electron chi connectivity index (χ0n) is 11.0. The molecule has 0 aliphatic carbocycles. The van der Waals surface area contributed by atoms with E-state index in [1.165, 1.54) is 25.3 Å². The molecule has 0 aromatic heterocycles. The lowest BCUT2D eigenvalue weighted by atomic mass is 9.98. The number of carboxylic acid groups (broad SMARTS) is 1. The summed E-state index contributed by atoms with van der Waals surface area (Å²) in [6.07, 6.45) is 0.161. The van der Waals surface area contributed by atoms with E-state index in [2.05, 4.69) is 0 Å². The highest BCUT2D eigenvalue weighted by Gasteiger charge is 2.17. The van der Waals surface area contributed by atoms with Gasteiger partial charge >= 0.3 is 5.97 Å².